The third kappa shape index (κ3) is 2.88. The standard InChI is InChI=1S/C20H20N2O4/c1-13-8-10-14(11-9-13)12-20(2,19(25)21-26-3)22-17(23)15-6-4-5-7-16(15)18(22)24/h4-11H,12H2,1-3H3,(H,21,25)/t20-/m0/s1. The molecule has 134 valence electrons. The lowest BCUT2D eigenvalue weighted by atomic mass is 9.89. The first-order valence-electron chi connectivity index (χ1n) is 8.25. The monoisotopic (exact) mass is 352 g/mol. The van der Waals surface area contributed by atoms with Gasteiger partial charge in [0.1, 0.15) is 5.54 Å². The summed E-state index contributed by atoms with van der Waals surface area (Å²) in [4.78, 5) is 44.4. The van der Waals surface area contributed by atoms with Crippen LogP contribution in [0.4, 0.5) is 0 Å². The van der Waals surface area contributed by atoms with E-state index in [0.717, 1.165) is 16.0 Å². The number of hydrogen-bond donors (Lipinski definition) is 1. The van der Waals surface area contributed by atoms with Gasteiger partial charge in [-0.25, -0.2) is 5.48 Å². The first kappa shape index (κ1) is 17.8. The van der Waals surface area contributed by atoms with Gasteiger partial charge >= 0.3 is 0 Å². The molecule has 0 radical (unpaired) electrons. The van der Waals surface area contributed by atoms with E-state index < -0.39 is 23.3 Å². The Morgan fingerprint density at radius 3 is 2.08 bits per heavy atom. The molecule has 1 N–H and O–H groups in total. The lowest BCUT2D eigenvalue weighted by Gasteiger charge is -2.35. The van der Waals surface area contributed by atoms with Crippen molar-refractivity contribution < 1.29 is 19.2 Å². The Bertz CT molecular complexity index is 841. The maximum Gasteiger partial charge on any atom is 0.270 e. The van der Waals surface area contributed by atoms with Crippen molar-refractivity contribution in [2.45, 2.75) is 25.8 Å². The summed E-state index contributed by atoms with van der Waals surface area (Å²) in [7, 11) is 1.31. The molecule has 0 fully saturated rings. The van der Waals surface area contributed by atoms with Crippen LogP contribution in [0, 0.1) is 6.92 Å². The topological polar surface area (TPSA) is 75.7 Å². The van der Waals surface area contributed by atoms with Crippen LogP contribution >= 0.6 is 0 Å². The zero-order chi connectivity index (χ0) is 18.9. The molecule has 3 amide bonds. The average molecular weight is 352 g/mol. The Labute approximate surface area is 151 Å². The second kappa shape index (κ2) is 6.72. The molecule has 1 heterocycles. The largest absolute Gasteiger partial charge is 0.277 e. The van der Waals surface area contributed by atoms with E-state index in [1.165, 1.54) is 7.11 Å². The average Bonchev–Trinajstić information content (AvgIpc) is 2.89. The van der Waals surface area contributed by atoms with E-state index in [4.69, 9.17) is 4.84 Å². The van der Waals surface area contributed by atoms with Crippen molar-refractivity contribution in [2.75, 3.05) is 7.11 Å². The molecule has 1 atom stereocenters. The SMILES string of the molecule is CONC(=O)[C@](C)(Cc1ccc(C)cc1)N1C(=O)c2ccccc2C1=O. The smallest absolute Gasteiger partial charge is 0.270 e. The van der Waals surface area contributed by atoms with Gasteiger partial charge in [-0.2, -0.15) is 0 Å². The molecule has 0 spiro atoms. The molecule has 1 aliphatic rings. The third-order valence-electron chi connectivity index (χ3n) is 4.64. The van der Waals surface area contributed by atoms with Gasteiger partial charge in [-0.05, 0) is 31.5 Å². The molecule has 0 bridgehead atoms. The zero-order valence-electron chi connectivity index (χ0n) is 14.9. The van der Waals surface area contributed by atoms with E-state index in [1.807, 2.05) is 31.2 Å². The van der Waals surface area contributed by atoms with Crippen LogP contribution in [-0.2, 0) is 16.1 Å². The number of rotatable bonds is 5. The summed E-state index contributed by atoms with van der Waals surface area (Å²) in [5.41, 5.74) is 3.37. The van der Waals surface area contributed by atoms with Crippen LogP contribution in [0.15, 0.2) is 48.5 Å². The molecule has 2 aromatic rings. The fraction of sp³-hybridized carbons (Fsp3) is 0.250. The van der Waals surface area contributed by atoms with Crippen molar-refractivity contribution in [1.29, 1.82) is 0 Å². The number of carbonyl (C=O) groups excluding carboxylic acids is 3. The predicted octanol–water partition coefficient (Wildman–Crippen LogP) is 2.27. The summed E-state index contributed by atoms with van der Waals surface area (Å²) < 4.78 is 0. The van der Waals surface area contributed by atoms with Crippen LogP contribution < -0.4 is 5.48 Å². The van der Waals surface area contributed by atoms with Crippen molar-refractivity contribution in [3.63, 3.8) is 0 Å². The van der Waals surface area contributed by atoms with E-state index in [2.05, 4.69) is 5.48 Å². The summed E-state index contributed by atoms with van der Waals surface area (Å²) in [5.74, 6) is -1.52. The van der Waals surface area contributed by atoms with Crippen molar-refractivity contribution >= 4 is 17.7 Å². The molecule has 0 aliphatic carbocycles. The fourth-order valence-corrected chi connectivity index (χ4v) is 3.20. The second-order valence-corrected chi connectivity index (χ2v) is 6.56. The first-order valence-corrected chi connectivity index (χ1v) is 8.25. The maximum absolute atomic E-state index is 12.9. The number of nitrogens with zero attached hydrogens (tertiary/aromatic N) is 1. The molecule has 3 rings (SSSR count). The summed E-state index contributed by atoms with van der Waals surface area (Å²) in [5, 5.41) is 0. The fourth-order valence-electron chi connectivity index (χ4n) is 3.20. The van der Waals surface area contributed by atoms with E-state index in [-0.39, 0.29) is 6.42 Å². The number of imide groups is 1. The lowest BCUT2D eigenvalue weighted by molar-refractivity contribution is -0.140. The molecule has 6 nitrogen and oxygen atoms in total. The minimum Gasteiger partial charge on any atom is -0.277 e. The van der Waals surface area contributed by atoms with E-state index in [9.17, 15) is 14.4 Å². The summed E-state index contributed by atoms with van der Waals surface area (Å²) >= 11 is 0. The molecular formula is C20H20N2O4. The number of benzene rings is 2. The highest BCUT2D eigenvalue weighted by molar-refractivity contribution is 6.23. The van der Waals surface area contributed by atoms with Crippen LogP contribution in [-0.4, -0.2) is 35.3 Å². The summed E-state index contributed by atoms with van der Waals surface area (Å²) in [6, 6.07) is 14.2. The Morgan fingerprint density at radius 2 is 1.58 bits per heavy atom. The van der Waals surface area contributed by atoms with Crippen molar-refractivity contribution in [2.24, 2.45) is 0 Å². The predicted molar refractivity (Wildman–Crippen MR) is 95.4 cm³/mol. The van der Waals surface area contributed by atoms with Gasteiger partial charge in [0.25, 0.3) is 17.7 Å². The number of aryl methyl sites for hydroxylation is 1. The van der Waals surface area contributed by atoms with Crippen LogP contribution in [0.2, 0.25) is 0 Å². The van der Waals surface area contributed by atoms with Gasteiger partial charge in [-0.1, -0.05) is 42.0 Å². The van der Waals surface area contributed by atoms with Crippen LogP contribution in [0.1, 0.15) is 38.8 Å². The third-order valence-corrected chi connectivity index (χ3v) is 4.64. The van der Waals surface area contributed by atoms with E-state index in [1.54, 1.807) is 31.2 Å². The van der Waals surface area contributed by atoms with Gasteiger partial charge in [0.15, 0.2) is 0 Å². The second-order valence-electron chi connectivity index (χ2n) is 6.56. The molecule has 6 heteroatoms. The first-order chi connectivity index (χ1) is 12.4. The van der Waals surface area contributed by atoms with Gasteiger partial charge in [-0.15, -0.1) is 0 Å². The molecule has 26 heavy (non-hydrogen) atoms. The normalized spacial score (nSPS) is 15.6. The van der Waals surface area contributed by atoms with Gasteiger partial charge in [0, 0.05) is 6.42 Å². The number of hydrogen-bond acceptors (Lipinski definition) is 4. The number of nitrogens with one attached hydrogen (secondary N) is 1. The highest BCUT2D eigenvalue weighted by Crippen LogP contribution is 2.32. The number of hydroxylamine groups is 1. The molecular weight excluding hydrogens is 332 g/mol. The Balaban J connectivity index is 2.04. The Morgan fingerprint density at radius 1 is 1.04 bits per heavy atom. The summed E-state index contributed by atoms with van der Waals surface area (Å²) in [6.07, 6.45) is 0.175. The Hall–Kier alpha value is -2.99. The van der Waals surface area contributed by atoms with Crippen molar-refractivity contribution in [3.8, 4) is 0 Å². The number of amides is 3. The quantitative estimate of drug-likeness (QED) is 0.662. The maximum atomic E-state index is 12.9. The van der Waals surface area contributed by atoms with Crippen LogP contribution in [0.3, 0.4) is 0 Å². The van der Waals surface area contributed by atoms with E-state index >= 15 is 0 Å². The minimum atomic E-state index is -1.43. The highest BCUT2D eigenvalue weighted by Gasteiger charge is 2.50. The minimum absolute atomic E-state index is 0.175. The summed E-state index contributed by atoms with van der Waals surface area (Å²) in [6.45, 7) is 3.54. The van der Waals surface area contributed by atoms with Crippen LogP contribution in [0.25, 0.3) is 0 Å². The van der Waals surface area contributed by atoms with E-state index in [0.29, 0.717) is 11.1 Å². The number of carbonyl (C=O) groups is 3. The molecule has 1 aliphatic heterocycles. The van der Waals surface area contributed by atoms with Gasteiger partial charge in [-0.3, -0.25) is 24.1 Å². The van der Waals surface area contributed by atoms with Crippen molar-refractivity contribution in [1.82, 2.24) is 10.4 Å². The van der Waals surface area contributed by atoms with Gasteiger partial charge in [0.05, 0.1) is 18.2 Å². The van der Waals surface area contributed by atoms with Gasteiger partial charge in [0.2, 0.25) is 0 Å². The highest BCUT2D eigenvalue weighted by atomic mass is 16.6. The van der Waals surface area contributed by atoms with Gasteiger partial charge < -0.3 is 0 Å². The molecule has 0 saturated carbocycles. The van der Waals surface area contributed by atoms with Crippen LogP contribution in [0.5, 0.6) is 0 Å². The number of fused-ring (bicyclic) bond motifs is 1. The molecule has 2 aromatic carbocycles. The zero-order valence-corrected chi connectivity index (χ0v) is 14.9. The van der Waals surface area contributed by atoms with Crippen molar-refractivity contribution in [3.05, 3.63) is 70.8 Å². The molecule has 0 saturated heterocycles. The molecule has 0 unspecified atom stereocenters. The molecule has 0 aromatic heterocycles. The lowest BCUT2D eigenvalue weighted by Crippen LogP contribution is -2.60. The Kier molecular flexibility index (Phi) is 4.61.